The van der Waals surface area contributed by atoms with Crippen molar-refractivity contribution in [2.45, 2.75) is 51.7 Å². The largest absolute Gasteiger partial charge is 0.480 e. The van der Waals surface area contributed by atoms with Crippen LogP contribution in [0.4, 0.5) is 0 Å². The molecule has 0 aliphatic heterocycles. The Morgan fingerprint density at radius 1 is 1.33 bits per heavy atom. The van der Waals surface area contributed by atoms with Crippen molar-refractivity contribution < 1.29 is 14.1 Å². The Hall–Kier alpha value is -0.380. The van der Waals surface area contributed by atoms with Gasteiger partial charge in [-0.05, 0) is 18.8 Å². The van der Waals surface area contributed by atoms with Gasteiger partial charge in [-0.1, -0.05) is 33.6 Å². The zero-order valence-electron chi connectivity index (χ0n) is 9.86. The summed E-state index contributed by atoms with van der Waals surface area (Å²) in [5.41, 5.74) is 0. The molecule has 0 amide bonds. The van der Waals surface area contributed by atoms with Crippen molar-refractivity contribution in [3.8, 4) is 0 Å². The smallest absolute Gasteiger partial charge is 0.319 e. The Morgan fingerprint density at radius 3 is 2.33 bits per heavy atom. The first-order valence-electron chi connectivity index (χ1n) is 5.59. The molecule has 0 saturated heterocycles. The average molecular weight is 234 g/mol. The highest BCUT2D eigenvalue weighted by Gasteiger charge is 2.22. The van der Waals surface area contributed by atoms with Gasteiger partial charge in [0.2, 0.25) is 0 Å². The van der Waals surface area contributed by atoms with E-state index in [1.54, 1.807) is 0 Å². The topological polar surface area (TPSA) is 54.4 Å². The van der Waals surface area contributed by atoms with Crippen molar-refractivity contribution >= 4 is 16.8 Å². The monoisotopic (exact) mass is 234 g/mol. The van der Waals surface area contributed by atoms with E-state index in [0.717, 1.165) is 19.3 Å². The van der Waals surface area contributed by atoms with Crippen molar-refractivity contribution in [3.05, 3.63) is 0 Å². The Bertz CT molecular complexity index is 214. The summed E-state index contributed by atoms with van der Waals surface area (Å²) in [6, 6.07) is 0. The molecule has 2 unspecified atom stereocenters. The molecule has 0 rings (SSSR count). The number of rotatable bonds is 8. The van der Waals surface area contributed by atoms with Gasteiger partial charge in [-0.2, -0.15) is 0 Å². The van der Waals surface area contributed by atoms with Crippen molar-refractivity contribution in [2.24, 2.45) is 5.92 Å². The lowest BCUT2D eigenvalue weighted by Gasteiger charge is -2.11. The van der Waals surface area contributed by atoms with E-state index in [2.05, 4.69) is 13.8 Å². The third-order valence-corrected chi connectivity index (χ3v) is 4.03. The van der Waals surface area contributed by atoms with Crippen LogP contribution in [0.25, 0.3) is 0 Å². The molecule has 0 aromatic rings. The predicted molar refractivity (Wildman–Crippen MR) is 63.4 cm³/mol. The van der Waals surface area contributed by atoms with E-state index < -0.39 is 22.0 Å². The molecule has 0 radical (unpaired) electrons. The minimum absolute atomic E-state index is 0.517. The molecule has 2 atom stereocenters. The van der Waals surface area contributed by atoms with E-state index >= 15 is 0 Å². The van der Waals surface area contributed by atoms with Crippen LogP contribution in [0, 0.1) is 5.92 Å². The molecule has 0 bridgehead atoms. The van der Waals surface area contributed by atoms with E-state index in [-0.39, 0.29) is 0 Å². The predicted octanol–water partition coefficient (Wildman–Crippen LogP) is 2.42. The number of hydrogen-bond acceptors (Lipinski definition) is 2. The van der Waals surface area contributed by atoms with Crippen LogP contribution in [-0.4, -0.2) is 26.3 Å². The lowest BCUT2D eigenvalue weighted by molar-refractivity contribution is -0.136. The standard InChI is InChI=1S/C11H22O3S/c1-4-6-10(11(12)13)15(14)8-5-7-9(2)3/h9-10H,4-8H2,1-3H3,(H,12,13). The summed E-state index contributed by atoms with van der Waals surface area (Å²) in [6.45, 7) is 6.15. The fraction of sp³-hybridized carbons (Fsp3) is 0.909. The summed E-state index contributed by atoms with van der Waals surface area (Å²) in [6.07, 6.45) is 3.17. The fourth-order valence-electron chi connectivity index (χ4n) is 1.41. The van der Waals surface area contributed by atoms with Crippen LogP contribution in [-0.2, 0) is 15.6 Å². The lowest BCUT2D eigenvalue weighted by atomic mass is 10.1. The molecule has 15 heavy (non-hydrogen) atoms. The van der Waals surface area contributed by atoms with Crippen LogP contribution in [0.2, 0.25) is 0 Å². The Balaban J connectivity index is 3.98. The quantitative estimate of drug-likeness (QED) is 0.701. The fourth-order valence-corrected chi connectivity index (χ4v) is 2.86. The number of carboxylic acids is 1. The maximum atomic E-state index is 11.7. The summed E-state index contributed by atoms with van der Waals surface area (Å²) in [7, 11) is -1.20. The minimum Gasteiger partial charge on any atom is -0.480 e. The maximum absolute atomic E-state index is 11.7. The van der Waals surface area contributed by atoms with E-state index in [9.17, 15) is 9.00 Å². The molecule has 0 aliphatic carbocycles. The van der Waals surface area contributed by atoms with Gasteiger partial charge in [0.1, 0.15) is 5.25 Å². The normalized spacial score (nSPS) is 15.2. The maximum Gasteiger partial charge on any atom is 0.319 e. The van der Waals surface area contributed by atoms with Gasteiger partial charge in [-0.15, -0.1) is 0 Å². The summed E-state index contributed by atoms with van der Waals surface area (Å²) in [5, 5.41) is 8.23. The zero-order chi connectivity index (χ0) is 11.8. The molecule has 3 nitrogen and oxygen atoms in total. The van der Waals surface area contributed by atoms with Gasteiger partial charge in [-0.25, -0.2) is 0 Å². The molecule has 0 fully saturated rings. The molecule has 0 aliphatic rings. The SMILES string of the molecule is CCCC(C(=O)O)S(=O)CCCC(C)C. The van der Waals surface area contributed by atoms with Crippen LogP contribution in [0.5, 0.6) is 0 Å². The van der Waals surface area contributed by atoms with Crippen LogP contribution in [0.15, 0.2) is 0 Å². The van der Waals surface area contributed by atoms with Gasteiger partial charge in [0.15, 0.2) is 0 Å². The van der Waals surface area contributed by atoms with Gasteiger partial charge >= 0.3 is 5.97 Å². The van der Waals surface area contributed by atoms with Crippen molar-refractivity contribution in [3.63, 3.8) is 0 Å². The van der Waals surface area contributed by atoms with Crippen LogP contribution >= 0.6 is 0 Å². The first-order chi connectivity index (χ1) is 6.99. The lowest BCUT2D eigenvalue weighted by Crippen LogP contribution is -2.27. The summed E-state index contributed by atoms with van der Waals surface area (Å²) < 4.78 is 11.7. The van der Waals surface area contributed by atoms with E-state index in [0.29, 0.717) is 18.1 Å². The van der Waals surface area contributed by atoms with Crippen molar-refractivity contribution in [1.82, 2.24) is 0 Å². The Morgan fingerprint density at radius 2 is 1.93 bits per heavy atom. The van der Waals surface area contributed by atoms with Gasteiger partial charge in [0.05, 0.1) is 0 Å². The van der Waals surface area contributed by atoms with Gasteiger partial charge in [-0.3, -0.25) is 9.00 Å². The first kappa shape index (κ1) is 14.6. The van der Waals surface area contributed by atoms with Gasteiger partial charge < -0.3 is 5.11 Å². The van der Waals surface area contributed by atoms with E-state index in [1.807, 2.05) is 6.92 Å². The van der Waals surface area contributed by atoms with E-state index in [1.165, 1.54) is 0 Å². The van der Waals surface area contributed by atoms with Gasteiger partial charge in [0.25, 0.3) is 0 Å². The third-order valence-electron chi connectivity index (χ3n) is 2.27. The summed E-state index contributed by atoms with van der Waals surface area (Å²) >= 11 is 0. The van der Waals surface area contributed by atoms with Crippen molar-refractivity contribution in [1.29, 1.82) is 0 Å². The second-order valence-electron chi connectivity index (χ2n) is 4.24. The second kappa shape index (κ2) is 7.85. The molecule has 90 valence electrons. The number of aliphatic carboxylic acids is 1. The third kappa shape index (κ3) is 6.66. The van der Waals surface area contributed by atoms with Crippen LogP contribution < -0.4 is 0 Å². The number of carboxylic acid groups (broad SMARTS) is 1. The summed E-state index contributed by atoms with van der Waals surface area (Å²) in [5.74, 6) is 0.200. The number of carbonyl (C=O) groups is 1. The Labute approximate surface area is 94.7 Å². The second-order valence-corrected chi connectivity index (χ2v) is 5.98. The van der Waals surface area contributed by atoms with E-state index in [4.69, 9.17) is 5.11 Å². The highest BCUT2D eigenvalue weighted by molar-refractivity contribution is 7.86. The first-order valence-corrected chi connectivity index (χ1v) is 6.97. The molecular formula is C11H22O3S. The van der Waals surface area contributed by atoms with Gasteiger partial charge in [0, 0.05) is 16.6 Å². The van der Waals surface area contributed by atoms with Crippen molar-refractivity contribution in [2.75, 3.05) is 5.75 Å². The molecule has 1 N–H and O–H groups in total. The molecule has 0 aromatic heterocycles. The highest BCUT2D eigenvalue weighted by Crippen LogP contribution is 2.10. The molecule has 4 heteroatoms. The zero-order valence-corrected chi connectivity index (χ0v) is 10.7. The highest BCUT2D eigenvalue weighted by atomic mass is 32.2. The minimum atomic E-state index is -1.20. The number of hydrogen-bond donors (Lipinski definition) is 1. The molecule has 0 heterocycles. The molecular weight excluding hydrogens is 212 g/mol. The average Bonchev–Trinajstić information content (AvgIpc) is 2.12. The summed E-state index contributed by atoms with van der Waals surface area (Å²) in [4.78, 5) is 10.8. The van der Waals surface area contributed by atoms with Crippen LogP contribution in [0.3, 0.4) is 0 Å². The molecule has 0 spiro atoms. The Kier molecular flexibility index (Phi) is 7.65. The van der Waals surface area contributed by atoms with Crippen LogP contribution in [0.1, 0.15) is 46.5 Å². The molecule has 0 aromatic carbocycles. The molecule has 0 saturated carbocycles.